The Morgan fingerprint density at radius 1 is 1.07 bits per heavy atom. The first-order chi connectivity index (χ1) is 13.9. The second-order valence-electron chi connectivity index (χ2n) is 7.05. The molecular weight excluding hydrogens is 388 g/mol. The molecule has 0 saturated carbocycles. The van der Waals surface area contributed by atoms with Crippen molar-refractivity contribution in [2.24, 2.45) is 0 Å². The number of hydrogen-bond acceptors (Lipinski definition) is 5. The van der Waals surface area contributed by atoms with Crippen LogP contribution in [0.15, 0.2) is 48.5 Å². The highest BCUT2D eigenvalue weighted by molar-refractivity contribution is 8.14. The Labute approximate surface area is 174 Å². The monoisotopic (exact) mass is 412 g/mol. The number of amides is 4. The predicted molar refractivity (Wildman–Crippen MR) is 115 cm³/mol. The third kappa shape index (κ3) is 5.82. The first-order valence-electron chi connectivity index (χ1n) is 9.25. The molecule has 4 amide bonds. The summed E-state index contributed by atoms with van der Waals surface area (Å²) >= 11 is 1.02. The van der Waals surface area contributed by atoms with Crippen molar-refractivity contribution in [1.29, 1.82) is 0 Å². The van der Waals surface area contributed by atoms with Gasteiger partial charge in [0.25, 0.3) is 5.24 Å². The van der Waals surface area contributed by atoms with E-state index in [4.69, 9.17) is 0 Å². The van der Waals surface area contributed by atoms with Crippen LogP contribution in [0.3, 0.4) is 0 Å². The van der Waals surface area contributed by atoms with Crippen LogP contribution in [-0.4, -0.2) is 46.8 Å². The van der Waals surface area contributed by atoms with Gasteiger partial charge in [0.2, 0.25) is 5.91 Å². The maximum Gasteiger partial charge on any atom is 0.319 e. The molecule has 1 fully saturated rings. The Hall–Kier alpha value is -2.84. The second-order valence-corrected chi connectivity index (χ2v) is 7.97. The smallest absolute Gasteiger partial charge is 0.319 e. The van der Waals surface area contributed by atoms with Crippen molar-refractivity contribution in [3.63, 3.8) is 0 Å². The molecule has 1 heterocycles. The molecule has 8 heteroatoms. The number of nitrogens with zero attached hydrogens (tertiary/aromatic N) is 2. The normalized spacial score (nSPS) is 13.8. The first kappa shape index (κ1) is 20.9. The fourth-order valence-electron chi connectivity index (χ4n) is 2.99. The number of carbonyl (C=O) groups excluding carboxylic acids is 3. The molecule has 2 aromatic carbocycles. The Bertz CT molecular complexity index is 883. The maximum absolute atomic E-state index is 12.2. The fourth-order valence-corrected chi connectivity index (χ4v) is 3.71. The number of imide groups is 1. The van der Waals surface area contributed by atoms with Crippen LogP contribution in [0.2, 0.25) is 0 Å². The van der Waals surface area contributed by atoms with Crippen LogP contribution >= 0.6 is 11.8 Å². The number of benzene rings is 2. The number of rotatable bonds is 7. The molecule has 0 spiro atoms. The topological polar surface area (TPSA) is 81.8 Å². The van der Waals surface area contributed by atoms with Crippen LogP contribution in [0.25, 0.3) is 0 Å². The van der Waals surface area contributed by atoms with E-state index in [2.05, 4.69) is 21.6 Å². The van der Waals surface area contributed by atoms with E-state index in [-0.39, 0.29) is 29.5 Å². The number of nitrogens with one attached hydrogen (secondary N) is 2. The van der Waals surface area contributed by atoms with E-state index in [0.717, 1.165) is 29.4 Å². The van der Waals surface area contributed by atoms with Gasteiger partial charge in [-0.25, -0.2) is 4.79 Å². The van der Waals surface area contributed by atoms with Crippen molar-refractivity contribution in [2.45, 2.75) is 19.6 Å². The van der Waals surface area contributed by atoms with Gasteiger partial charge < -0.3 is 15.5 Å². The van der Waals surface area contributed by atoms with Crippen LogP contribution in [0, 0.1) is 0 Å². The Morgan fingerprint density at radius 2 is 1.76 bits per heavy atom. The summed E-state index contributed by atoms with van der Waals surface area (Å²) in [6.45, 7) is 1.49. The van der Waals surface area contributed by atoms with E-state index in [9.17, 15) is 14.4 Å². The summed E-state index contributed by atoms with van der Waals surface area (Å²) in [7, 11) is 4.02. The summed E-state index contributed by atoms with van der Waals surface area (Å²) in [4.78, 5) is 38.9. The van der Waals surface area contributed by atoms with Crippen molar-refractivity contribution in [1.82, 2.24) is 15.1 Å². The van der Waals surface area contributed by atoms with Crippen LogP contribution < -0.4 is 10.6 Å². The molecule has 0 bridgehead atoms. The lowest BCUT2D eigenvalue weighted by atomic mass is 10.1. The molecule has 0 unspecified atom stereocenters. The van der Waals surface area contributed by atoms with Crippen LogP contribution in [0.5, 0.6) is 0 Å². The molecule has 1 saturated heterocycles. The average molecular weight is 413 g/mol. The summed E-state index contributed by atoms with van der Waals surface area (Å²) in [5.74, 6) is 0.0344. The number of anilines is 1. The van der Waals surface area contributed by atoms with Crippen molar-refractivity contribution >= 4 is 34.6 Å². The standard InChI is InChI=1S/C21H24N4O3S/c1-24(2)13-17-6-4-3-5-16(17)11-22-20(27)23-18-9-7-15(8-10-18)12-25-19(26)14-29-21(25)28/h3-10H,11-14H2,1-2H3,(H2,22,23,27). The third-order valence-electron chi connectivity index (χ3n) is 4.44. The molecule has 2 N–H and O–H groups in total. The summed E-state index contributed by atoms with van der Waals surface area (Å²) < 4.78 is 0. The minimum atomic E-state index is -0.293. The van der Waals surface area contributed by atoms with Gasteiger partial charge in [-0.1, -0.05) is 48.2 Å². The van der Waals surface area contributed by atoms with E-state index >= 15 is 0 Å². The van der Waals surface area contributed by atoms with Crippen molar-refractivity contribution in [3.05, 3.63) is 65.2 Å². The summed E-state index contributed by atoms with van der Waals surface area (Å²) in [5.41, 5.74) is 3.72. The molecular formula is C21H24N4O3S. The summed E-state index contributed by atoms with van der Waals surface area (Å²) in [6, 6.07) is 14.8. The van der Waals surface area contributed by atoms with Crippen molar-refractivity contribution < 1.29 is 14.4 Å². The van der Waals surface area contributed by atoms with Gasteiger partial charge >= 0.3 is 6.03 Å². The van der Waals surface area contributed by atoms with E-state index in [1.165, 1.54) is 10.5 Å². The number of hydrogen-bond donors (Lipinski definition) is 2. The molecule has 7 nitrogen and oxygen atoms in total. The van der Waals surface area contributed by atoms with Gasteiger partial charge in [-0.2, -0.15) is 0 Å². The Balaban J connectivity index is 1.52. The zero-order valence-corrected chi connectivity index (χ0v) is 17.3. The van der Waals surface area contributed by atoms with Gasteiger partial charge in [0.05, 0.1) is 12.3 Å². The van der Waals surface area contributed by atoms with Gasteiger partial charge in [-0.3, -0.25) is 14.5 Å². The van der Waals surface area contributed by atoms with Crippen LogP contribution in [0.1, 0.15) is 16.7 Å². The van der Waals surface area contributed by atoms with Gasteiger partial charge in [0, 0.05) is 18.8 Å². The quantitative estimate of drug-likeness (QED) is 0.730. The van der Waals surface area contributed by atoms with Gasteiger partial charge in [0.15, 0.2) is 0 Å². The van der Waals surface area contributed by atoms with E-state index < -0.39 is 0 Å². The van der Waals surface area contributed by atoms with E-state index in [1.807, 2.05) is 32.3 Å². The minimum absolute atomic E-state index is 0.170. The maximum atomic E-state index is 12.2. The Morgan fingerprint density at radius 3 is 2.38 bits per heavy atom. The van der Waals surface area contributed by atoms with Crippen LogP contribution in [-0.2, 0) is 24.4 Å². The zero-order valence-electron chi connectivity index (χ0n) is 16.5. The fraction of sp³-hybridized carbons (Fsp3) is 0.286. The lowest BCUT2D eigenvalue weighted by Gasteiger charge is -2.15. The highest BCUT2D eigenvalue weighted by Gasteiger charge is 2.29. The minimum Gasteiger partial charge on any atom is -0.334 e. The Kier molecular flexibility index (Phi) is 6.90. The van der Waals surface area contributed by atoms with Gasteiger partial charge in [-0.05, 0) is 42.9 Å². The molecule has 1 aliphatic heterocycles. The molecule has 3 rings (SSSR count). The molecule has 0 aromatic heterocycles. The molecule has 2 aromatic rings. The lowest BCUT2D eigenvalue weighted by molar-refractivity contribution is -0.125. The molecule has 1 aliphatic rings. The highest BCUT2D eigenvalue weighted by atomic mass is 32.2. The molecule has 0 radical (unpaired) electrons. The third-order valence-corrected chi connectivity index (χ3v) is 5.30. The average Bonchev–Trinajstić information content (AvgIpc) is 3.00. The van der Waals surface area contributed by atoms with E-state index in [1.54, 1.807) is 24.3 Å². The second kappa shape index (κ2) is 9.58. The van der Waals surface area contributed by atoms with E-state index in [0.29, 0.717) is 12.2 Å². The summed E-state index contributed by atoms with van der Waals surface area (Å²) in [5, 5.41) is 5.46. The molecule has 0 aliphatic carbocycles. The molecule has 29 heavy (non-hydrogen) atoms. The molecule has 152 valence electrons. The van der Waals surface area contributed by atoms with Crippen molar-refractivity contribution in [3.8, 4) is 0 Å². The SMILES string of the molecule is CN(C)Cc1ccccc1CNC(=O)Nc1ccc(CN2C(=O)CSC2=O)cc1. The van der Waals surface area contributed by atoms with Gasteiger partial charge in [-0.15, -0.1) is 0 Å². The largest absolute Gasteiger partial charge is 0.334 e. The lowest BCUT2D eigenvalue weighted by Crippen LogP contribution is -2.29. The zero-order chi connectivity index (χ0) is 20.8. The number of thioether (sulfide) groups is 1. The highest BCUT2D eigenvalue weighted by Crippen LogP contribution is 2.21. The number of urea groups is 1. The summed E-state index contributed by atoms with van der Waals surface area (Å²) in [6.07, 6.45) is 0. The predicted octanol–water partition coefficient (Wildman–Crippen LogP) is 3.27. The first-order valence-corrected chi connectivity index (χ1v) is 10.2. The van der Waals surface area contributed by atoms with Gasteiger partial charge in [0.1, 0.15) is 0 Å². The number of carbonyl (C=O) groups is 3. The van der Waals surface area contributed by atoms with Crippen molar-refractivity contribution in [2.75, 3.05) is 25.2 Å². The van der Waals surface area contributed by atoms with Crippen LogP contribution in [0.4, 0.5) is 15.3 Å². The molecule has 0 atom stereocenters.